The van der Waals surface area contributed by atoms with Crippen molar-refractivity contribution in [2.45, 2.75) is 102 Å². The van der Waals surface area contributed by atoms with Gasteiger partial charge in [0.25, 0.3) is 0 Å². The van der Waals surface area contributed by atoms with Gasteiger partial charge in [-0.1, -0.05) is 33.1 Å². The van der Waals surface area contributed by atoms with Crippen LogP contribution in [0.15, 0.2) is 23.1 Å². The van der Waals surface area contributed by atoms with E-state index in [1.165, 1.54) is 0 Å². The van der Waals surface area contributed by atoms with Crippen LogP contribution in [0.2, 0.25) is 0 Å². The lowest BCUT2D eigenvalue weighted by molar-refractivity contribution is -0.116. The molecular weight excluding hydrogens is 398 g/mol. The van der Waals surface area contributed by atoms with Crippen molar-refractivity contribution in [3.8, 4) is 0 Å². The smallest absolute Gasteiger partial charge is 0.242 e. The summed E-state index contributed by atoms with van der Waals surface area (Å²) in [5.74, 6) is -0.0663. The van der Waals surface area contributed by atoms with Crippen molar-refractivity contribution in [2.75, 3.05) is 16.8 Å². The maximum Gasteiger partial charge on any atom is 0.242 e. The fourth-order valence-electron chi connectivity index (χ4n) is 3.85. The molecule has 170 valence electrons. The maximum atomic E-state index is 13.2. The van der Waals surface area contributed by atoms with Crippen LogP contribution in [0.25, 0.3) is 0 Å². The summed E-state index contributed by atoms with van der Waals surface area (Å²) >= 11 is 0. The van der Waals surface area contributed by atoms with Crippen LogP contribution in [0, 0.1) is 0 Å². The van der Waals surface area contributed by atoms with Crippen molar-refractivity contribution in [3.63, 3.8) is 0 Å². The number of anilines is 2. The summed E-state index contributed by atoms with van der Waals surface area (Å²) in [5, 5.41) is 2.89. The third-order valence-electron chi connectivity index (χ3n) is 5.87. The SMILES string of the molecule is CCCCCCC(=O)Nc1ccc(N2CCCC[C@H]2C)c(S(=O)(=O)N[C@H](C)CC)c1. The maximum absolute atomic E-state index is 13.2. The van der Waals surface area contributed by atoms with Crippen molar-refractivity contribution in [1.82, 2.24) is 4.72 Å². The van der Waals surface area contributed by atoms with E-state index in [4.69, 9.17) is 0 Å². The minimum absolute atomic E-state index is 0.0663. The first kappa shape index (κ1) is 24.7. The number of benzene rings is 1. The summed E-state index contributed by atoms with van der Waals surface area (Å²) in [6.07, 6.45) is 8.57. The van der Waals surface area contributed by atoms with Crippen LogP contribution in [0.3, 0.4) is 0 Å². The molecule has 0 saturated carbocycles. The second kappa shape index (κ2) is 11.7. The molecule has 1 heterocycles. The van der Waals surface area contributed by atoms with Gasteiger partial charge in [0.15, 0.2) is 0 Å². The van der Waals surface area contributed by atoms with Gasteiger partial charge in [0, 0.05) is 30.7 Å². The molecule has 2 atom stereocenters. The van der Waals surface area contributed by atoms with E-state index in [1.807, 2.05) is 26.0 Å². The monoisotopic (exact) mass is 437 g/mol. The highest BCUT2D eigenvalue weighted by Crippen LogP contribution is 2.33. The predicted molar refractivity (Wildman–Crippen MR) is 125 cm³/mol. The minimum atomic E-state index is -3.70. The van der Waals surface area contributed by atoms with Gasteiger partial charge in [0.05, 0.1) is 5.69 Å². The Hall–Kier alpha value is -1.60. The van der Waals surface area contributed by atoms with E-state index in [0.717, 1.165) is 57.2 Å². The second-order valence-corrected chi connectivity index (χ2v) is 10.2. The van der Waals surface area contributed by atoms with Crippen LogP contribution >= 0.6 is 0 Å². The van der Waals surface area contributed by atoms with Crippen LogP contribution in [0.4, 0.5) is 11.4 Å². The van der Waals surface area contributed by atoms with E-state index >= 15 is 0 Å². The summed E-state index contributed by atoms with van der Waals surface area (Å²) in [6, 6.07) is 5.42. The van der Waals surface area contributed by atoms with E-state index < -0.39 is 10.0 Å². The average molecular weight is 438 g/mol. The fraction of sp³-hybridized carbons (Fsp3) is 0.696. The lowest BCUT2D eigenvalue weighted by Gasteiger charge is -2.36. The van der Waals surface area contributed by atoms with Crippen LogP contribution in [0.1, 0.15) is 85.5 Å². The summed E-state index contributed by atoms with van der Waals surface area (Å²) in [6.45, 7) is 8.94. The largest absolute Gasteiger partial charge is 0.368 e. The highest BCUT2D eigenvalue weighted by Gasteiger charge is 2.27. The van der Waals surface area contributed by atoms with Gasteiger partial charge in [-0.25, -0.2) is 13.1 Å². The first-order valence-electron chi connectivity index (χ1n) is 11.5. The standard InChI is InChI=1S/C23H39N3O3S/c1-5-7-8-9-13-23(27)24-20-14-15-21(26-16-11-10-12-19(26)4)22(17-20)30(28,29)25-18(3)6-2/h14-15,17-19,25H,5-13,16H2,1-4H3,(H,24,27)/t18-,19-/m1/s1. The molecule has 0 spiro atoms. The van der Waals surface area contributed by atoms with E-state index in [-0.39, 0.29) is 22.9 Å². The number of carbonyl (C=O) groups is 1. The number of rotatable bonds is 11. The molecule has 0 aliphatic carbocycles. The van der Waals surface area contributed by atoms with E-state index in [0.29, 0.717) is 18.5 Å². The van der Waals surface area contributed by atoms with Crippen molar-refractivity contribution in [2.24, 2.45) is 0 Å². The topological polar surface area (TPSA) is 78.5 Å². The number of amides is 1. The number of sulfonamides is 1. The molecule has 1 saturated heterocycles. The highest BCUT2D eigenvalue weighted by atomic mass is 32.2. The van der Waals surface area contributed by atoms with Crippen molar-refractivity contribution in [1.29, 1.82) is 0 Å². The Labute approximate surface area is 182 Å². The molecule has 1 aromatic carbocycles. The number of piperidine rings is 1. The molecule has 0 bridgehead atoms. The molecule has 0 aromatic heterocycles. The molecule has 6 nitrogen and oxygen atoms in total. The van der Waals surface area contributed by atoms with E-state index in [9.17, 15) is 13.2 Å². The third-order valence-corrected chi connectivity index (χ3v) is 7.49. The zero-order chi connectivity index (χ0) is 22.1. The van der Waals surface area contributed by atoms with Gasteiger partial charge in [-0.05, 0) is 64.2 Å². The zero-order valence-electron chi connectivity index (χ0n) is 19.0. The molecule has 2 rings (SSSR count). The normalized spacial score (nSPS) is 18.3. The molecule has 1 amide bonds. The second-order valence-electron chi connectivity index (χ2n) is 8.51. The first-order valence-corrected chi connectivity index (χ1v) is 13.0. The van der Waals surface area contributed by atoms with Gasteiger partial charge in [0.2, 0.25) is 15.9 Å². The van der Waals surface area contributed by atoms with Crippen LogP contribution in [-0.4, -0.2) is 33.0 Å². The van der Waals surface area contributed by atoms with Gasteiger partial charge < -0.3 is 10.2 Å². The van der Waals surface area contributed by atoms with Crippen LogP contribution in [0.5, 0.6) is 0 Å². The molecule has 2 N–H and O–H groups in total. The molecule has 1 aromatic rings. The molecule has 7 heteroatoms. The molecule has 0 radical (unpaired) electrons. The molecule has 1 aliphatic heterocycles. The summed E-state index contributed by atoms with van der Waals surface area (Å²) in [4.78, 5) is 14.7. The first-order chi connectivity index (χ1) is 14.3. The molecule has 30 heavy (non-hydrogen) atoms. The number of hydrogen-bond acceptors (Lipinski definition) is 4. The van der Waals surface area contributed by atoms with Gasteiger partial charge in [0.1, 0.15) is 4.90 Å². The fourth-order valence-corrected chi connectivity index (χ4v) is 5.41. The molecular formula is C23H39N3O3S. The van der Waals surface area contributed by atoms with E-state index in [1.54, 1.807) is 6.07 Å². The van der Waals surface area contributed by atoms with Crippen molar-refractivity contribution in [3.05, 3.63) is 18.2 Å². The molecule has 1 fully saturated rings. The van der Waals surface area contributed by atoms with Gasteiger partial charge in [-0.15, -0.1) is 0 Å². The lowest BCUT2D eigenvalue weighted by Crippen LogP contribution is -2.39. The Morgan fingerprint density at radius 1 is 1.20 bits per heavy atom. The van der Waals surface area contributed by atoms with Gasteiger partial charge in [-0.2, -0.15) is 0 Å². The summed E-state index contributed by atoms with van der Waals surface area (Å²) in [5.41, 5.74) is 1.26. The average Bonchev–Trinajstić information content (AvgIpc) is 2.71. The van der Waals surface area contributed by atoms with Gasteiger partial charge >= 0.3 is 0 Å². The van der Waals surface area contributed by atoms with Crippen molar-refractivity contribution < 1.29 is 13.2 Å². The van der Waals surface area contributed by atoms with Crippen LogP contribution < -0.4 is 14.9 Å². The Kier molecular flexibility index (Phi) is 9.62. The third kappa shape index (κ3) is 6.98. The molecule has 1 aliphatic rings. The summed E-state index contributed by atoms with van der Waals surface area (Å²) in [7, 11) is -3.70. The number of nitrogens with zero attached hydrogens (tertiary/aromatic N) is 1. The number of carbonyl (C=O) groups excluding carboxylic acids is 1. The molecule has 0 unspecified atom stereocenters. The Balaban J connectivity index is 2.29. The Bertz CT molecular complexity index is 795. The Morgan fingerprint density at radius 2 is 1.97 bits per heavy atom. The highest BCUT2D eigenvalue weighted by molar-refractivity contribution is 7.89. The summed E-state index contributed by atoms with van der Waals surface area (Å²) < 4.78 is 29.2. The number of hydrogen-bond donors (Lipinski definition) is 2. The quantitative estimate of drug-likeness (QED) is 0.475. The van der Waals surface area contributed by atoms with Gasteiger partial charge in [-0.3, -0.25) is 4.79 Å². The van der Waals surface area contributed by atoms with E-state index in [2.05, 4.69) is 28.8 Å². The number of nitrogens with one attached hydrogen (secondary N) is 2. The lowest BCUT2D eigenvalue weighted by atomic mass is 10.0. The Morgan fingerprint density at radius 3 is 2.63 bits per heavy atom. The van der Waals surface area contributed by atoms with Crippen molar-refractivity contribution >= 4 is 27.3 Å². The number of unbranched alkanes of at least 4 members (excludes halogenated alkanes) is 3. The minimum Gasteiger partial charge on any atom is -0.368 e. The van der Waals surface area contributed by atoms with Crippen LogP contribution in [-0.2, 0) is 14.8 Å². The predicted octanol–water partition coefficient (Wildman–Crippen LogP) is 5.05. The zero-order valence-corrected chi connectivity index (χ0v) is 19.9.